The Hall–Kier alpha value is -1.57. The largest absolute Gasteiger partial charge is 0.462 e. The van der Waals surface area contributed by atoms with E-state index in [1.807, 2.05) is 32.0 Å². The van der Waals surface area contributed by atoms with Gasteiger partial charge in [0, 0.05) is 0 Å². The molecule has 1 aromatic carbocycles. The smallest absolute Gasteiger partial charge is 0.314 e. The average Bonchev–Trinajstić information content (AvgIpc) is 2.33. The Balaban J connectivity index is 2.39. The van der Waals surface area contributed by atoms with E-state index < -0.39 is 0 Å². The molecule has 0 saturated heterocycles. The molecule has 2 rings (SSSR count). The van der Waals surface area contributed by atoms with Crippen LogP contribution in [0.3, 0.4) is 0 Å². The highest BCUT2D eigenvalue weighted by molar-refractivity contribution is 5.85. The van der Waals surface area contributed by atoms with Gasteiger partial charge in [0.15, 0.2) is 0 Å². The molecule has 0 aromatic heterocycles. The molecule has 0 bridgehead atoms. The molecule has 1 aliphatic carbocycles. The van der Waals surface area contributed by atoms with E-state index in [4.69, 9.17) is 4.74 Å². The number of allylic oxidation sites excluding steroid dienone is 2. The van der Waals surface area contributed by atoms with Crippen molar-refractivity contribution in [1.29, 1.82) is 0 Å². The molecular weight excluding hydrogens is 224 g/mol. The summed E-state index contributed by atoms with van der Waals surface area (Å²) in [7, 11) is 0. The van der Waals surface area contributed by atoms with Crippen LogP contribution in [0.15, 0.2) is 29.8 Å². The Morgan fingerprint density at radius 2 is 1.94 bits per heavy atom. The fourth-order valence-electron chi connectivity index (χ4n) is 2.47. The average molecular weight is 244 g/mol. The van der Waals surface area contributed by atoms with Gasteiger partial charge in [-0.2, -0.15) is 0 Å². The van der Waals surface area contributed by atoms with Crippen molar-refractivity contribution >= 4 is 11.5 Å². The normalized spacial score (nSPS) is 18.8. The van der Waals surface area contributed by atoms with Gasteiger partial charge in [-0.25, -0.2) is 0 Å². The molecule has 0 radical (unpaired) electrons. The molecule has 0 fully saturated rings. The number of carbonyl (C=O) groups is 1. The second kappa shape index (κ2) is 4.97. The van der Waals surface area contributed by atoms with Crippen LogP contribution in [0.4, 0.5) is 0 Å². The monoisotopic (exact) mass is 244 g/mol. The highest BCUT2D eigenvalue weighted by Crippen LogP contribution is 2.38. The summed E-state index contributed by atoms with van der Waals surface area (Å²) in [6, 6.07) is 8.13. The predicted octanol–water partition coefficient (Wildman–Crippen LogP) is 3.92. The van der Waals surface area contributed by atoms with Gasteiger partial charge in [-0.3, -0.25) is 4.79 Å². The summed E-state index contributed by atoms with van der Waals surface area (Å²) >= 11 is 0. The Bertz CT molecular complexity index is 498. The van der Waals surface area contributed by atoms with E-state index in [1.54, 1.807) is 0 Å². The van der Waals surface area contributed by atoms with Crippen molar-refractivity contribution in [3.8, 4) is 0 Å². The van der Waals surface area contributed by atoms with E-state index in [0.717, 1.165) is 12.0 Å². The Morgan fingerprint density at radius 1 is 1.28 bits per heavy atom. The van der Waals surface area contributed by atoms with Gasteiger partial charge in [-0.15, -0.1) is 0 Å². The number of carbonyl (C=O) groups excluding carboxylic acids is 1. The molecule has 18 heavy (non-hydrogen) atoms. The van der Waals surface area contributed by atoms with Gasteiger partial charge in [0.2, 0.25) is 0 Å². The lowest BCUT2D eigenvalue weighted by Gasteiger charge is -2.26. The molecule has 1 atom stereocenters. The van der Waals surface area contributed by atoms with Gasteiger partial charge in [0.1, 0.15) is 0 Å². The van der Waals surface area contributed by atoms with Crippen LogP contribution in [0.2, 0.25) is 0 Å². The van der Waals surface area contributed by atoms with Gasteiger partial charge < -0.3 is 4.74 Å². The van der Waals surface area contributed by atoms with E-state index in [-0.39, 0.29) is 18.0 Å². The number of hydrogen-bond donors (Lipinski definition) is 0. The van der Waals surface area contributed by atoms with Crippen molar-refractivity contribution in [2.45, 2.75) is 46.1 Å². The van der Waals surface area contributed by atoms with E-state index >= 15 is 0 Å². The first-order valence-electron chi connectivity index (χ1n) is 6.47. The highest BCUT2D eigenvalue weighted by atomic mass is 16.5. The van der Waals surface area contributed by atoms with E-state index in [1.165, 1.54) is 16.7 Å². The fraction of sp³-hybridized carbons (Fsp3) is 0.438. The zero-order chi connectivity index (χ0) is 13.3. The van der Waals surface area contributed by atoms with Crippen LogP contribution in [0, 0.1) is 0 Å². The quantitative estimate of drug-likeness (QED) is 0.737. The molecule has 0 aliphatic heterocycles. The second-order valence-electron chi connectivity index (χ2n) is 5.23. The maximum atomic E-state index is 12.2. The van der Waals surface area contributed by atoms with Gasteiger partial charge in [0.25, 0.3) is 0 Å². The highest BCUT2D eigenvalue weighted by Gasteiger charge is 2.29. The third kappa shape index (κ3) is 2.33. The topological polar surface area (TPSA) is 26.3 Å². The second-order valence-corrected chi connectivity index (χ2v) is 5.23. The Morgan fingerprint density at radius 3 is 2.61 bits per heavy atom. The maximum Gasteiger partial charge on any atom is 0.314 e. The summed E-state index contributed by atoms with van der Waals surface area (Å²) in [4.78, 5) is 12.2. The minimum Gasteiger partial charge on any atom is -0.462 e. The molecule has 1 aromatic rings. The molecule has 1 aliphatic rings. The zero-order valence-electron chi connectivity index (χ0n) is 11.5. The third-order valence-electron chi connectivity index (χ3n) is 3.53. The molecule has 0 spiro atoms. The number of hydrogen-bond acceptors (Lipinski definition) is 2. The molecule has 0 unspecified atom stereocenters. The Labute approximate surface area is 109 Å². The van der Waals surface area contributed by atoms with Gasteiger partial charge in [-0.1, -0.05) is 29.8 Å². The van der Waals surface area contributed by atoms with Gasteiger partial charge in [-0.05, 0) is 50.8 Å². The lowest BCUT2D eigenvalue weighted by molar-refractivity contribution is -0.149. The van der Waals surface area contributed by atoms with Crippen LogP contribution in [0.25, 0.3) is 5.57 Å². The van der Waals surface area contributed by atoms with Gasteiger partial charge >= 0.3 is 5.97 Å². The molecule has 2 heteroatoms. The van der Waals surface area contributed by atoms with Crippen molar-refractivity contribution in [3.05, 3.63) is 41.0 Å². The molecular formula is C16H20O2. The molecule has 96 valence electrons. The summed E-state index contributed by atoms with van der Waals surface area (Å²) in [6.07, 6.45) is 0.714. The van der Waals surface area contributed by atoms with Gasteiger partial charge in [0.05, 0.1) is 12.0 Å². The zero-order valence-corrected chi connectivity index (χ0v) is 11.5. The number of rotatable bonds is 2. The number of benzene rings is 1. The summed E-state index contributed by atoms with van der Waals surface area (Å²) in [5.41, 5.74) is 4.86. The molecule has 0 saturated carbocycles. The van der Waals surface area contributed by atoms with Crippen LogP contribution in [-0.4, -0.2) is 12.1 Å². The first kappa shape index (κ1) is 12.9. The molecule has 0 heterocycles. The van der Waals surface area contributed by atoms with E-state index in [0.29, 0.717) is 0 Å². The maximum absolute atomic E-state index is 12.2. The van der Waals surface area contributed by atoms with Crippen molar-refractivity contribution in [2.24, 2.45) is 0 Å². The number of fused-ring (bicyclic) bond motifs is 1. The van der Waals surface area contributed by atoms with Crippen molar-refractivity contribution < 1.29 is 9.53 Å². The van der Waals surface area contributed by atoms with E-state index in [2.05, 4.69) is 19.9 Å². The van der Waals surface area contributed by atoms with Crippen molar-refractivity contribution in [2.75, 3.05) is 0 Å². The summed E-state index contributed by atoms with van der Waals surface area (Å²) < 4.78 is 5.37. The lowest BCUT2D eigenvalue weighted by atomic mass is 9.80. The lowest BCUT2D eigenvalue weighted by Crippen LogP contribution is -2.23. The number of esters is 1. The minimum absolute atomic E-state index is 0.0584. The molecule has 0 N–H and O–H groups in total. The molecule has 2 nitrogen and oxygen atoms in total. The van der Waals surface area contributed by atoms with Crippen molar-refractivity contribution in [3.63, 3.8) is 0 Å². The predicted molar refractivity (Wildman–Crippen MR) is 73.3 cm³/mol. The van der Waals surface area contributed by atoms with Crippen LogP contribution in [0.1, 0.15) is 51.2 Å². The van der Waals surface area contributed by atoms with Crippen LogP contribution >= 0.6 is 0 Å². The summed E-state index contributed by atoms with van der Waals surface area (Å²) in [6.45, 7) is 8.00. The standard InChI is InChI=1S/C16H20O2/c1-10(2)18-16(17)15-9-11(3)12(4)13-7-5-6-8-14(13)15/h5-8,10,15H,9H2,1-4H3/t15-/m1/s1. The summed E-state index contributed by atoms with van der Waals surface area (Å²) in [5.74, 6) is -0.253. The van der Waals surface area contributed by atoms with Crippen LogP contribution < -0.4 is 0 Å². The first-order valence-corrected chi connectivity index (χ1v) is 6.47. The van der Waals surface area contributed by atoms with E-state index in [9.17, 15) is 4.79 Å². The number of ether oxygens (including phenoxy) is 1. The fourth-order valence-corrected chi connectivity index (χ4v) is 2.47. The van der Waals surface area contributed by atoms with Crippen LogP contribution in [-0.2, 0) is 9.53 Å². The van der Waals surface area contributed by atoms with Crippen molar-refractivity contribution in [1.82, 2.24) is 0 Å². The first-order chi connectivity index (χ1) is 8.50. The SMILES string of the molecule is CC1=C(C)c2ccccc2[C@H](C(=O)OC(C)C)C1. The Kier molecular flexibility index (Phi) is 3.55. The molecule has 0 amide bonds. The summed E-state index contributed by atoms with van der Waals surface area (Å²) in [5, 5.41) is 0. The van der Waals surface area contributed by atoms with Crippen LogP contribution in [0.5, 0.6) is 0 Å². The third-order valence-corrected chi connectivity index (χ3v) is 3.53. The minimum atomic E-state index is -0.146.